The lowest BCUT2D eigenvalue weighted by Gasteiger charge is -1.68. The van der Waals surface area contributed by atoms with Crippen LogP contribution in [0.25, 0.3) is 0 Å². The summed E-state index contributed by atoms with van der Waals surface area (Å²) in [6, 6.07) is 0. The molecule has 0 aromatic rings. The highest BCUT2D eigenvalue weighted by atomic mass is 32.3. The maximum Gasteiger partial charge on any atom is 0.394 e. The zero-order valence-corrected chi connectivity index (χ0v) is 5.11. The molecule has 7 heteroatoms. The van der Waals surface area contributed by atoms with Crippen molar-refractivity contribution in [3.63, 3.8) is 0 Å². The zero-order valence-electron chi connectivity index (χ0n) is 3.14. The van der Waals surface area contributed by atoms with Crippen LogP contribution in [0.15, 0.2) is 0 Å². The molecule has 0 fully saturated rings. The van der Waals surface area contributed by atoms with Crippen molar-refractivity contribution in [2.75, 3.05) is 0 Å². The average molecular weight is 142 g/mol. The van der Waals surface area contributed by atoms with Crippen molar-refractivity contribution in [1.29, 1.82) is 0 Å². The normalized spacial score (nSPS) is 9.00. The van der Waals surface area contributed by atoms with Gasteiger partial charge in [0.15, 0.2) is 0 Å². The summed E-state index contributed by atoms with van der Waals surface area (Å²) in [4.78, 5) is 0. The van der Waals surface area contributed by atoms with Crippen molar-refractivity contribution in [1.82, 2.24) is 0 Å². The van der Waals surface area contributed by atoms with E-state index in [-0.39, 0.29) is 0 Å². The van der Waals surface area contributed by atoms with E-state index in [2.05, 4.69) is 0 Å². The molecule has 0 heterocycles. The first-order valence-electron chi connectivity index (χ1n) is 0.957. The van der Waals surface area contributed by atoms with E-state index in [1.54, 1.807) is 0 Å². The highest BCUT2D eigenvalue weighted by Gasteiger charge is 1.84. The van der Waals surface area contributed by atoms with Crippen LogP contribution >= 0.6 is 0 Å². The fourth-order valence-electron chi connectivity index (χ4n) is 0. The highest BCUT2D eigenvalue weighted by Crippen LogP contribution is 1.59. The van der Waals surface area contributed by atoms with Crippen LogP contribution in [0.1, 0.15) is 0 Å². The van der Waals surface area contributed by atoms with Gasteiger partial charge in [-0.05, 0) is 0 Å². The van der Waals surface area contributed by atoms with Gasteiger partial charge < -0.3 is 4.16 Å². The van der Waals surface area contributed by atoms with Crippen LogP contribution in [0.4, 0.5) is 0 Å². The van der Waals surface area contributed by atoms with Crippen LogP contribution in [0, 0.1) is 0 Å². The Labute approximate surface area is 49.3 Å². The maximum absolute atomic E-state index is 8.74. The molecular weight excluding hydrogens is 139 g/mol. The topological polar surface area (TPSA) is 94.8 Å². The van der Waals surface area contributed by atoms with Crippen molar-refractivity contribution in [3.05, 3.63) is 0 Å². The molecule has 3 N–H and O–H groups in total. The highest BCUT2D eigenvalue weighted by molar-refractivity contribution is 7.79. The molecule has 5 nitrogen and oxygen atoms in total. The summed E-state index contributed by atoms with van der Waals surface area (Å²) in [5.74, 6) is 0. The van der Waals surface area contributed by atoms with Crippen LogP contribution in [-0.4, -0.2) is 38.3 Å². The quantitative estimate of drug-likeness (QED) is 0.280. The van der Waals surface area contributed by atoms with Gasteiger partial charge in [-0.15, -0.1) is 0 Å². The Morgan fingerprint density at radius 3 is 1.14 bits per heavy atom. The molecule has 0 aliphatic heterocycles. The third-order valence-electron chi connectivity index (χ3n) is 0. The molecule has 0 saturated heterocycles. The summed E-state index contributed by atoms with van der Waals surface area (Å²) in [5.41, 5.74) is 0. The van der Waals surface area contributed by atoms with Crippen LogP contribution in [0.5, 0.6) is 0 Å². The van der Waals surface area contributed by atoms with E-state index in [1.165, 1.54) is 16.6 Å². The van der Waals surface area contributed by atoms with Crippen molar-refractivity contribution in [3.8, 4) is 0 Å². The Morgan fingerprint density at radius 2 is 1.14 bits per heavy atom. The van der Waals surface area contributed by atoms with E-state index in [1.807, 2.05) is 0 Å². The summed E-state index contributed by atoms with van der Waals surface area (Å²) in [5, 5.41) is 0. The lowest BCUT2D eigenvalue weighted by atomic mass is 15.8. The molecule has 7 heavy (non-hydrogen) atoms. The van der Waals surface area contributed by atoms with E-state index >= 15 is 0 Å². The Hall–Kier alpha value is 0.362. The minimum absolute atomic E-state index is 1.42. The van der Waals surface area contributed by atoms with Crippen molar-refractivity contribution >= 4 is 27.0 Å². The van der Waals surface area contributed by atoms with E-state index in [0.717, 1.165) is 0 Å². The fourth-order valence-corrected chi connectivity index (χ4v) is 0. The molecule has 0 unspecified atom stereocenters. The minimum Gasteiger partial charge on any atom is -0.529 e. The van der Waals surface area contributed by atoms with Crippen molar-refractivity contribution in [2.45, 2.75) is 0 Å². The summed E-state index contributed by atoms with van der Waals surface area (Å²) < 4.78 is 38.5. The maximum atomic E-state index is 8.74. The molecule has 0 atom stereocenters. The molecule has 0 amide bonds. The minimum atomic E-state index is -4.67. The summed E-state index contributed by atoms with van der Waals surface area (Å²) in [7, 11) is -4.67. The second kappa shape index (κ2) is 4.52. The average Bonchev–Trinajstić information content (AvgIpc) is 1.36. The standard InChI is InChI=1S/Al.H2O4S.H2O/c;1-5(2,3)4;/h;(H2,1,2,3,4);1H2/q+1;;/p-1. The van der Waals surface area contributed by atoms with Gasteiger partial charge >= 0.3 is 27.0 Å². The predicted octanol–water partition coefficient (Wildman–Crippen LogP) is -1.59. The molecule has 0 aromatic carbocycles. The van der Waals surface area contributed by atoms with E-state index in [4.69, 9.17) is 21.7 Å². The Balaban J connectivity index is 0. The van der Waals surface area contributed by atoms with Gasteiger partial charge in [0.05, 0.1) is 0 Å². The first-order chi connectivity index (χ1) is 3.00. The first kappa shape index (κ1) is 10.4. The second-order valence-corrected chi connectivity index (χ2v) is 1.34. The van der Waals surface area contributed by atoms with Gasteiger partial charge in [0, 0.05) is 0 Å². The predicted molar refractivity (Wildman–Crippen MR) is 22.2 cm³/mol. The summed E-state index contributed by atoms with van der Waals surface area (Å²) >= 11 is 1.42. The lowest BCUT2D eigenvalue weighted by Crippen LogP contribution is -1.89. The van der Waals surface area contributed by atoms with Crippen molar-refractivity contribution < 1.29 is 21.7 Å². The monoisotopic (exact) mass is 142 g/mol. The molecule has 0 saturated carbocycles. The van der Waals surface area contributed by atoms with Crippen LogP contribution < -0.4 is 0 Å². The van der Waals surface area contributed by atoms with Gasteiger partial charge in [-0.25, -0.2) is 0 Å². The van der Waals surface area contributed by atoms with E-state index < -0.39 is 10.4 Å². The molecule has 0 rings (SSSR count). The molecule has 0 aromatic heterocycles. The number of hydrogen-bond acceptors (Lipinski definition) is 3. The van der Waals surface area contributed by atoms with Gasteiger partial charge in [0.1, 0.15) is 0 Å². The van der Waals surface area contributed by atoms with Crippen LogP contribution in [0.3, 0.4) is 0 Å². The second-order valence-electron chi connectivity index (χ2n) is 0.448. The largest absolute Gasteiger partial charge is 0.529 e. The van der Waals surface area contributed by atoms with E-state index in [9.17, 15) is 0 Å². The van der Waals surface area contributed by atoms with Gasteiger partial charge in [0.2, 0.25) is 0 Å². The number of rotatable bonds is 0. The molecule has 2 radical (unpaired) electrons. The Bertz CT molecular complexity index is 91.2. The van der Waals surface area contributed by atoms with Gasteiger partial charge in [-0.3, -0.25) is 9.11 Å². The molecule has 0 spiro atoms. The number of hydrogen-bond donors (Lipinski definition) is 3. The van der Waals surface area contributed by atoms with Gasteiger partial charge in [-0.2, -0.15) is 8.42 Å². The zero-order chi connectivity index (χ0) is 6.50. The third kappa shape index (κ3) is 922. The van der Waals surface area contributed by atoms with Gasteiger partial charge in [0.25, 0.3) is 0 Å². The molecular formula is H3AlO5S. The summed E-state index contributed by atoms with van der Waals surface area (Å²) in [6.07, 6.45) is 0. The Morgan fingerprint density at radius 1 is 1.14 bits per heavy atom. The first-order valence-corrected chi connectivity index (χ1v) is 2.87. The lowest BCUT2D eigenvalue weighted by molar-refractivity contribution is 0.381. The van der Waals surface area contributed by atoms with Gasteiger partial charge in [-0.1, -0.05) is 0 Å². The van der Waals surface area contributed by atoms with E-state index in [0.29, 0.717) is 0 Å². The SMILES string of the molecule is O=S(=O)(O)O.[OH][Al]. The molecule has 0 aliphatic carbocycles. The molecule has 42 valence electrons. The smallest absolute Gasteiger partial charge is 0.394 e. The van der Waals surface area contributed by atoms with Crippen LogP contribution in [-0.2, 0) is 10.4 Å². The summed E-state index contributed by atoms with van der Waals surface area (Å²) in [6.45, 7) is 0. The van der Waals surface area contributed by atoms with Crippen molar-refractivity contribution in [2.24, 2.45) is 0 Å². The van der Waals surface area contributed by atoms with Crippen LogP contribution in [0.2, 0.25) is 0 Å². The Kier molecular flexibility index (Phi) is 6.69. The molecule has 0 aliphatic rings. The third-order valence-corrected chi connectivity index (χ3v) is 0. The fraction of sp³-hybridized carbons (Fsp3) is 0. The molecule has 0 bridgehead atoms.